The van der Waals surface area contributed by atoms with Gasteiger partial charge in [0, 0.05) is 31.4 Å². The van der Waals surface area contributed by atoms with Gasteiger partial charge in [0.2, 0.25) is 0 Å². The van der Waals surface area contributed by atoms with Crippen molar-refractivity contribution >= 4 is 41.3 Å². The maximum absolute atomic E-state index is 5.42. The fraction of sp³-hybridized carbons (Fsp3) is 0.474. The molecular formula is C19H29IN4O2S. The van der Waals surface area contributed by atoms with Gasteiger partial charge in [-0.1, -0.05) is 0 Å². The predicted octanol–water partition coefficient (Wildman–Crippen LogP) is 3.35. The van der Waals surface area contributed by atoms with Crippen LogP contribution < -0.4 is 20.1 Å². The highest BCUT2D eigenvalue weighted by atomic mass is 127. The van der Waals surface area contributed by atoms with E-state index in [0.717, 1.165) is 59.7 Å². The number of rotatable bonds is 8. The van der Waals surface area contributed by atoms with Gasteiger partial charge >= 0.3 is 0 Å². The number of guanidine groups is 1. The van der Waals surface area contributed by atoms with E-state index >= 15 is 0 Å². The maximum Gasteiger partial charge on any atom is 0.191 e. The molecule has 8 heteroatoms. The van der Waals surface area contributed by atoms with Gasteiger partial charge in [-0.3, -0.25) is 4.99 Å². The Balaban J connectivity index is 0.00000364. The molecule has 1 aromatic carbocycles. The van der Waals surface area contributed by atoms with E-state index < -0.39 is 0 Å². The minimum absolute atomic E-state index is 0. The van der Waals surface area contributed by atoms with Gasteiger partial charge in [0.25, 0.3) is 0 Å². The second-order valence-corrected chi connectivity index (χ2v) is 7.14. The highest BCUT2D eigenvalue weighted by Gasteiger charge is 2.07. The molecule has 2 N–H and O–H groups in total. The van der Waals surface area contributed by atoms with Crippen LogP contribution >= 0.6 is 35.3 Å². The predicted molar refractivity (Wildman–Crippen MR) is 123 cm³/mol. The van der Waals surface area contributed by atoms with Crippen molar-refractivity contribution in [3.63, 3.8) is 0 Å². The standard InChI is InChI=1S/C19H28N4O2S.HI/c1-13-14(2)26-18(23-13)9-11-22-19(20-3)21-10-8-15-12-16(24-4)6-7-17(15)25-5;/h6-7,12H,8-11H2,1-5H3,(H2,20,21,22);1H. The number of thiazole rings is 1. The molecule has 0 spiro atoms. The molecule has 0 fully saturated rings. The highest BCUT2D eigenvalue weighted by molar-refractivity contribution is 14.0. The van der Waals surface area contributed by atoms with Gasteiger partial charge in [-0.25, -0.2) is 4.98 Å². The van der Waals surface area contributed by atoms with Crippen LogP contribution in [0.25, 0.3) is 0 Å². The average molecular weight is 504 g/mol. The lowest BCUT2D eigenvalue weighted by atomic mass is 10.1. The number of aromatic nitrogens is 1. The Bertz CT molecular complexity index is 730. The van der Waals surface area contributed by atoms with Crippen molar-refractivity contribution in [1.29, 1.82) is 0 Å². The molecule has 0 saturated heterocycles. The first kappa shape index (κ1) is 23.5. The van der Waals surface area contributed by atoms with Crippen molar-refractivity contribution in [3.8, 4) is 11.5 Å². The van der Waals surface area contributed by atoms with Crippen molar-refractivity contribution in [2.75, 3.05) is 34.4 Å². The normalized spacial score (nSPS) is 10.9. The summed E-state index contributed by atoms with van der Waals surface area (Å²) < 4.78 is 10.7. The molecule has 2 rings (SSSR count). The lowest BCUT2D eigenvalue weighted by molar-refractivity contribution is 0.398. The van der Waals surface area contributed by atoms with Crippen LogP contribution in [-0.4, -0.2) is 45.3 Å². The van der Waals surface area contributed by atoms with E-state index in [4.69, 9.17) is 9.47 Å². The topological polar surface area (TPSA) is 67.8 Å². The molecule has 27 heavy (non-hydrogen) atoms. The lowest BCUT2D eigenvalue weighted by Crippen LogP contribution is -2.39. The van der Waals surface area contributed by atoms with E-state index in [1.807, 2.05) is 18.2 Å². The first-order valence-electron chi connectivity index (χ1n) is 8.65. The van der Waals surface area contributed by atoms with E-state index in [9.17, 15) is 0 Å². The molecule has 6 nitrogen and oxygen atoms in total. The SMILES string of the molecule is CN=C(NCCc1nc(C)c(C)s1)NCCc1cc(OC)ccc1OC.I. The molecule has 0 bridgehead atoms. The number of ether oxygens (including phenoxy) is 2. The van der Waals surface area contributed by atoms with E-state index in [-0.39, 0.29) is 24.0 Å². The molecule has 0 aliphatic carbocycles. The third-order valence-electron chi connectivity index (χ3n) is 4.10. The summed E-state index contributed by atoms with van der Waals surface area (Å²) in [5, 5.41) is 7.83. The van der Waals surface area contributed by atoms with E-state index in [1.54, 1.807) is 32.6 Å². The largest absolute Gasteiger partial charge is 0.497 e. The molecule has 0 unspecified atom stereocenters. The number of nitrogens with zero attached hydrogens (tertiary/aromatic N) is 2. The molecule has 1 aromatic heterocycles. The fourth-order valence-electron chi connectivity index (χ4n) is 2.55. The first-order valence-corrected chi connectivity index (χ1v) is 9.47. The third-order valence-corrected chi connectivity index (χ3v) is 5.23. The van der Waals surface area contributed by atoms with Crippen molar-refractivity contribution in [3.05, 3.63) is 39.3 Å². The number of benzene rings is 1. The number of halogens is 1. The molecule has 0 atom stereocenters. The quantitative estimate of drug-likeness (QED) is 0.328. The molecule has 0 amide bonds. The molecule has 0 radical (unpaired) electrons. The number of aryl methyl sites for hydroxylation is 2. The van der Waals surface area contributed by atoms with Crippen molar-refractivity contribution in [2.45, 2.75) is 26.7 Å². The van der Waals surface area contributed by atoms with Crippen LogP contribution in [0.5, 0.6) is 11.5 Å². The zero-order valence-corrected chi connectivity index (χ0v) is 19.7. The summed E-state index contributed by atoms with van der Waals surface area (Å²) in [5.41, 5.74) is 2.23. The summed E-state index contributed by atoms with van der Waals surface area (Å²) in [5.74, 6) is 2.49. The second kappa shape index (κ2) is 12.0. The summed E-state index contributed by atoms with van der Waals surface area (Å²) >= 11 is 1.76. The minimum atomic E-state index is 0. The molecule has 0 aliphatic heterocycles. The Morgan fingerprint density at radius 3 is 2.37 bits per heavy atom. The minimum Gasteiger partial charge on any atom is -0.497 e. The van der Waals surface area contributed by atoms with Crippen LogP contribution in [0.4, 0.5) is 0 Å². The summed E-state index contributed by atoms with van der Waals surface area (Å²) in [7, 11) is 5.13. The van der Waals surface area contributed by atoms with E-state index in [2.05, 4.69) is 34.5 Å². The molecular weight excluding hydrogens is 475 g/mol. The smallest absolute Gasteiger partial charge is 0.191 e. The number of methoxy groups -OCH3 is 2. The number of hydrogen-bond acceptors (Lipinski definition) is 5. The van der Waals surface area contributed by atoms with Crippen LogP contribution in [-0.2, 0) is 12.8 Å². The number of nitrogens with one attached hydrogen (secondary N) is 2. The maximum atomic E-state index is 5.42. The van der Waals surface area contributed by atoms with E-state index in [1.165, 1.54) is 4.88 Å². The summed E-state index contributed by atoms with van der Waals surface area (Å²) in [6, 6.07) is 5.83. The monoisotopic (exact) mass is 504 g/mol. The second-order valence-electron chi connectivity index (χ2n) is 5.85. The van der Waals surface area contributed by atoms with Crippen LogP contribution in [0.2, 0.25) is 0 Å². The van der Waals surface area contributed by atoms with Crippen LogP contribution in [0.1, 0.15) is 21.1 Å². The van der Waals surface area contributed by atoms with Crippen LogP contribution in [0, 0.1) is 13.8 Å². The third kappa shape index (κ3) is 7.17. The summed E-state index contributed by atoms with van der Waals surface area (Å²) in [6.07, 6.45) is 1.70. The molecule has 0 aliphatic rings. The molecule has 1 heterocycles. The highest BCUT2D eigenvalue weighted by Crippen LogP contribution is 2.24. The van der Waals surface area contributed by atoms with Gasteiger partial charge < -0.3 is 20.1 Å². The van der Waals surface area contributed by atoms with E-state index in [0.29, 0.717) is 0 Å². The first-order chi connectivity index (χ1) is 12.6. The van der Waals surface area contributed by atoms with Gasteiger partial charge in [0.15, 0.2) is 5.96 Å². The van der Waals surface area contributed by atoms with Gasteiger partial charge in [0.05, 0.1) is 24.9 Å². The lowest BCUT2D eigenvalue weighted by Gasteiger charge is -2.13. The van der Waals surface area contributed by atoms with Gasteiger partial charge in [0.1, 0.15) is 11.5 Å². The van der Waals surface area contributed by atoms with Crippen molar-refractivity contribution < 1.29 is 9.47 Å². The average Bonchev–Trinajstić information content (AvgIpc) is 2.97. The molecule has 0 saturated carbocycles. The van der Waals surface area contributed by atoms with Gasteiger partial charge in [-0.05, 0) is 44.0 Å². The Kier molecular flexibility index (Phi) is 10.5. The Labute approximate surface area is 182 Å². The summed E-state index contributed by atoms with van der Waals surface area (Å²) in [4.78, 5) is 10.1. The number of hydrogen-bond donors (Lipinski definition) is 2. The van der Waals surface area contributed by atoms with Crippen molar-refractivity contribution in [2.24, 2.45) is 4.99 Å². The Hall–Kier alpha value is -1.55. The Morgan fingerprint density at radius 2 is 1.81 bits per heavy atom. The summed E-state index contributed by atoms with van der Waals surface area (Å²) in [6.45, 7) is 5.71. The fourth-order valence-corrected chi connectivity index (χ4v) is 3.48. The number of aliphatic imine (C=N–C) groups is 1. The van der Waals surface area contributed by atoms with Crippen molar-refractivity contribution in [1.82, 2.24) is 15.6 Å². The Morgan fingerprint density at radius 1 is 1.11 bits per heavy atom. The van der Waals surface area contributed by atoms with Gasteiger partial charge in [-0.2, -0.15) is 0 Å². The zero-order chi connectivity index (χ0) is 18.9. The zero-order valence-electron chi connectivity index (χ0n) is 16.6. The molecule has 150 valence electrons. The van der Waals surface area contributed by atoms with Crippen LogP contribution in [0.3, 0.4) is 0 Å². The molecule has 2 aromatic rings. The van der Waals surface area contributed by atoms with Crippen LogP contribution in [0.15, 0.2) is 23.2 Å². The van der Waals surface area contributed by atoms with Gasteiger partial charge in [-0.15, -0.1) is 35.3 Å².